The molecule has 1 heterocycles. The first-order valence-electron chi connectivity index (χ1n) is 8.77. The van der Waals surface area contributed by atoms with Crippen molar-refractivity contribution in [1.29, 1.82) is 0 Å². The number of carbonyl (C=O) groups is 1. The van der Waals surface area contributed by atoms with Crippen LogP contribution in [0.15, 0.2) is 34.2 Å². The number of hydrogen-bond acceptors (Lipinski definition) is 4. The summed E-state index contributed by atoms with van der Waals surface area (Å²) in [5.41, 5.74) is 0.648. The molecule has 0 aliphatic rings. The van der Waals surface area contributed by atoms with Gasteiger partial charge in [-0.25, -0.2) is 4.98 Å². The molecule has 6 heteroatoms. The highest BCUT2D eigenvalue weighted by atomic mass is 32.2. The second-order valence-corrected chi connectivity index (χ2v) is 7.98. The lowest BCUT2D eigenvalue weighted by Crippen LogP contribution is -2.29. The maximum atomic E-state index is 12.8. The van der Waals surface area contributed by atoms with Crippen LogP contribution in [0.4, 0.5) is 0 Å². The van der Waals surface area contributed by atoms with E-state index in [1.54, 1.807) is 10.6 Å². The van der Waals surface area contributed by atoms with Crippen LogP contribution >= 0.6 is 11.8 Å². The first-order chi connectivity index (χ1) is 11.9. The summed E-state index contributed by atoms with van der Waals surface area (Å²) in [6, 6.07) is 7.37. The molecule has 136 valence electrons. The lowest BCUT2D eigenvalue weighted by molar-refractivity contribution is -0.118. The van der Waals surface area contributed by atoms with Gasteiger partial charge in [-0.05, 0) is 30.4 Å². The Balaban J connectivity index is 2.25. The van der Waals surface area contributed by atoms with Gasteiger partial charge in [0.15, 0.2) is 5.16 Å². The van der Waals surface area contributed by atoms with E-state index in [1.165, 1.54) is 11.8 Å². The number of nitrogens with zero attached hydrogens (tertiary/aromatic N) is 2. The summed E-state index contributed by atoms with van der Waals surface area (Å²) in [7, 11) is 0. The Kier molecular flexibility index (Phi) is 7.05. The Morgan fingerprint density at radius 1 is 1.20 bits per heavy atom. The summed E-state index contributed by atoms with van der Waals surface area (Å²) in [6.07, 6.45) is 0.896. The molecule has 25 heavy (non-hydrogen) atoms. The van der Waals surface area contributed by atoms with Crippen molar-refractivity contribution in [2.45, 2.75) is 45.8 Å². The average molecular weight is 362 g/mol. The van der Waals surface area contributed by atoms with Gasteiger partial charge in [-0.1, -0.05) is 51.6 Å². The fourth-order valence-corrected chi connectivity index (χ4v) is 3.20. The summed E-state index contributed by atoms with van der Waals surface area (Å²) in [5, 5.41) is 4.14. The molecule has 0 saturated carbocycles. The van der Waals surface area contributed by atoms with Gasteiger partial charge < -0.3 is 5.32 Å². The number of fused-ring (bicyclic) bond motifs is 1. The first kappa shape index (κ1) is 19.5. The Bertz CT molecular complexity index is 784. The lowest BCUT2D eigenvalue weighted by atomic mass is 10.1. The van der Waals surface area contributed by atoms with Crippen LogP contribution in [0.3, 0.4) is 0 Å². The minimum absolute atomic E-state index is 0.0310. The van der Waals surface area contributed by atoms with E-state index in [0.717, 1.165) is 6.42 Å². The number of thioether (sulfide) groups is 1. The molecule has 2 aromatic rings. The molecule has 0 radical (unpaired) electrons. The van der Waals surface area contributed by atoms with Gasteiger partial charge in [-0.3, -0.25) is 14.2 Å². The quantitative estimate of drug-likeness (QED) is 0.579. The van der Waals surface area contributed by atoms with Crippen molar-refractivity contribution in [2.24, 2.45) is 11.8 Å². The zero-order valence-corrected chi connectivity index (χ0v) is 16.2. The van der Waals surface area contributed by atoms with Crippen molar-refractivity contribution in [1.82, 2.24) is 14.9 Å². The Labute approximate surface area is 153 Å². The molecule has 0 saturated heterocycles. The summed E-state index contributed by atoms with van der Waals surface area (Å²) >= 11 is 1.33. The van der Waals surface area contributed by atoms with Crippen LogP contribution in [0, 0.1) is 11.8 Å². The minimum atomic E-state index is -0.0312. The summed E-state index contributed by atoms with van der Waals surface area (Å²) < 4.78 is 1.71. The van der Waals surface area contributed by atoms with Crippen molar-refractivity contribution >= 4 is 28.6 Å². The number of carbonyl (C=O) groups excluding carboxylic acids is 1. The normalized spacial score (nSPS) is 11.4. The number of rotatable bonds is 8. The van der Waals surface area contributed by atoms with Crippen molar-refractivity contribution < 1.29 is 4.79 Å². The molecule has 1 aromatic heterocycles. The topological polar surface area (TPSA) is 64.0 Å². The molecular weight excluding hydrogens is 334 g/mol. The molecule has 1 N–H and O–H groups in total. The largest absolute Gasteiger partial charge is 0.355 e. The Hall–Kier alpha value is -1.82. The number of benzene rings is 1. The molecule has 0 aliphatic heterocycles. The van der Waals surface area contributed by atoms with E-state index < -0.39 is 0 Å². The standard InChI is InChI=1S/C19H27N3O2S/c1-13(2)9-10-22-18(24)15-7-5-6-8-16(15)21-19(22)25-12-17(23)20-11-14(3)4/h5-8,13-14H,9-12H2,1-4H3,(H,20,23). The van der Waals surface area contributed by atoms with E-state index in [9.17, 15) is 9.59 Å². The highest BCUT2D eigenvalue weighted by Gasteiger charge is 2.13. The van der Waals surface area contributed by atoms with Gasteiger partial charge in [0.1, 0.15) is 0 Å². The fraction of sp³-hybridized carbons (Fsp3) is 0.526. The maximum absolute atomic E-state index is 12.8. The molecule has 0 aliphatic carbocycles. The van der Waals surface area contributed by atoms with E-state index in [2.05, 4.69) is 38.0 Å². The van der Waals surface area contributed by atoms with Gasteiger partial charge in [0.05, 0.1) is 16.7 Å². The SMILES string of the molecule is CC(C)CCn1c(SCC(=O)NCC(C)C)nc2ccccc2c1=O. The van der Waals surface area contributed by atoms with Crippen LogP contribution in [0.5, 0.6) is 0 Å². The van der Waals surface area contributed by atoms with Crippen LogP contribution < -0.4 is 10.9 Å². The monoisotopic (exact) mass is 361 g/mol. The van der Waals surface area contributed by atoms with Gasteiger partial charge in [0, 0.05) is 13.1 Å². The summed E-state index contributed by atoms with van der Waals surface area (Å²) in [4.78, 5) is 29.5. The number of amides is 1. The second-order valence-electron chi connectivity index (χ2n) is 7.04. The Morgan fingerprint density at radius 2 is 1.92 bits per heavy atom. The number of para-hydroxylation sites is 1. The lowest BCUT2D eigenvalue weighted by Gasteiger charge is -2.14. The van der Waals surface area contributed by atoms with Gasteiger partial charge in [-0.15, -0.1) is 0 Å². The fourth-order valence-electron chi connectivity index (χ4n) is 2.34. The number of hydrogen-bond donors (Lipinski definition) is 1. The van der Waals surface area contributed by atoms with Gasteiger partial charge >= 0.3 is 0 Å². The third-order valence-electron chi connectivity index (χ3n) is 3.80. The summed E-state index contributed by atoms with van der Waals surface area (Å²) in [5.74, 6) is 1.14. The number of aromatic nitrogens is 2. The number of nitrogens with one attached hydrogen (secondary N) is 1. The smallest absolute Gasteiger partial charge is 0.262 e. The zero-order chi connectivity index (χ0) is 18.4. The van der Waals surface area contributed by atoms with Crippen LogP contribution in [0.2, 0.25) is 0 Å². The van der Waals surface area contributed by atoms with Crippen molar-refractivity contribution in [3.05, 3.63) is 34.6 Å². The van der Waals surface area contributed by atoms with E-state index in [-0.39, 0.29) is 17.2 Å². The molecule has 1 amide bonds. The third-order valence-corrected chi connectivity index (χ3v) is 4.77. The first-order valence-corrected chi connectivity index (χ1v) is 9.76. The molecule has 2 rings (SSSR count). The van der Waals surface area contributed by atoms with E-state index in [0.29, 0.717) is 41.0 Å². The van der Waals surface area contributed by atoms with Gasteiger partial charge in [0.25, 0.3) is 5.56 Å². The highest BCUT2D eigenvalue weighted by Crippen LogP contribution is 2.18. The van der Waals surface area contributed by atoms with Gasteiger partial charge in [-0.2, -0.15) is 0 Å². The van der Waals surface area contributed by atoms with E-state index in [4.69, 9.17) is 0 Å². The highest BCUT2D eigenvalue weighted by molar-refractivity contribution is 7.99. The average Bonchev–Trinajstić information content (AvgIpc) is 2.57. The second kappa shape index (κ2) is 9.04. The molecule has 0 spiro atoms. The summed E-state index contributed by atoms with van der Waals surface area (Å²) in [6.45, 7) is 9.65. The maximum Gasteiger partial charge on any atom is 0.262 e. The van der Waals surface area contributed by atoms with Crippen molar-refractivity contribution in [2.75, 3.05) is 12.3 Å². The molecule has 0 unspecified atom stereocenters. The molecule has 0 atom stereocenters. The van der Waals surface area contributed by atoms with Crippen LogP contribution in [-0.2, 0) is 11.3 Å². The molecule has 0 bridgehead atoms. The minimum Gasteiger partial charge on any atom is -0.355 e. The molecule has 0 fully saturated rings. The van der Waals surface area contributed by atoms with E-state index in [1.807, 2.05) is 18.2 Å². The molecule has 1 aromatic carbocycles. The van der Waals surface area contributed by atoms with Gasteiger partial charge in [0.2, 0.25) is 5.91 Å². The zero-order valence-electron chi connectivity index (χ0n) is 15.4. The van der Waals surface area contributed by atoms with Crippen LogP contribution in [0.25, 0.3) is 10.9 Å². The van der Waals surface area contributed by atoms with Crippen LogP contribution in [-0.4, -0.2) is 27.8 Å². The van der Waals surface area contributed by atoms with Crippen molar-refractivity contribution in [3.63, 3.8) is 0 Å². The molecule has 5 nitrogen and oxygen atoms in total. The van der Waals surface area contributed by atoms with Crippen LogP contribution in [0.1, 0.15) is 34.1 Å². The Morgan fingerprint density at radius 3 is 2.60 bits per heavy atom. The van der Waals surface area contributed by atoms with E-state index >= 15 is 0 Å². The van der Waals surface area contributed by atoms with Crippen molar-refractivity contribution in [3.8, 4) is 0 Å². The predicted octanol–water partition coefficient (Wildman–Crippen LogP) is 3.31. The predicted molar refractivity (Wildman–Crippen MR) is 104 cm³/mol. The third kappa shape index (κ3) is 5.59. The molecular formula is C19H27N3O2S.